The normalized spacial score (nSPS) is 10.1. The Balaban J connectivity index is 2.63. The fourth-order valence-corrected chi connectivity index (χ4v) is 1.33. The molecule has 14 heavy (non-hydrogen) atoms. The highest BCUT2D eigenvalue weighted by atomic mass is 16.3. The summed E-state index contributed by atoms with van der Waals surface area (Å²) in [4.78, 5) is 17.4. The standard InChI is InChI=1S/C10H16N2O2/c1-3-5-12(6-4-2)10(13)9-7-14-8-11-9/h7-8H,3-6H2,1-2H3. The van der Waals surface area contributed by atoms with Crippen LogP contribution in [0.1, 0.15) is 37.2 Å². The summed E-state index contributed by atoms with van der Waals surface area (Å²) in [5.41, 5.74) is 0.395. The fraction of sp³-hybridized carbons (Fsp3) is 0.600. The number of carbonyl (C=O) groups is 1. The topological polar surface area (TPSA) is 46.3 Å². The van der Waals surface area contributed by atoms with Crippen molar-refractivity contribution >= 4 is 5.91 Å². The van der Waals surface area contributed by atoms with Crippen LogP contribution in [0.3, 0.4) is 0 Å². The second-order valence-electron chi connectivity index (χ2n) is 3.17. The van der Waals surface area contributed by atoms with Crippen LogP contribution in [0.4, 0.5) is 0 Å². The molecular weight excluding hydrogens is 180 g/mol. The summed E-state index contributed by atoms with van der Waals surface area (Å²) in [5.74, 6) is -0.0394. The van der Waals surface area contributed by atoms with Crippen molar-refractivity contribution < 1.29 is 9.21 Å². The second-order valence-corrected chi connectivity index (χ2v) is 3.17. The summed E-state index contributed by atoms with van der Waals surface area (Å²) in [7, 11) is 0. The Morgan fingerprint density at radius 3 is 2.50 bits per heavy atom. The maximum absolute atomic E-state index is 11.8. The van der Waals surface area contributed by atoms with E-state index in [0.29, 0.717) is 5.69 Å². The van der Waals surface area contributed by atoms with Crippen molar-refractivity contribution in [3.63, 3.8) is 0 Å². The summed E-state index contributed by atoms with van der Waals surface area (Å²) < 4.78 is 4.78. The van der Waals surface area contributed by atoms with Gasteiger partial charge in [-0.15, -0.1) is 0 Å². The summed E-state index contributed by atoms with van der Waals surface area (Å²) in [5, 5.41) is 0. The van der Waals surface area contributed by atoms with Gasteiger partial charge in [0.05, 0.1) is 0 Å². The van der Waals surface area contributed by atoms with E-state index in [-0.39, 0.29) is 5.91 Å². The highest BCUT2D eigenvalue weighted by Crippen LogP contribution is 2.03. The summed E-state index contributed by atoms with van der Waals surface area (Å²) in [6.45, 7) is 5.66. The Hall–Kier alpha value is -1.32. The molecule has 1 aromatic heterocycles. The molecule has 0 aliphatic carbocycles. The first-order valence-electron chi connectivity index (χ1n) is 4.97. The average molecular weight is 196 g/mol. The highest BCUT2D eigenvalue weighted by Gasteiger charge is 2.16. The first-order chi connectivity index (χ1) is 6.79. The Kier molecular flexibility index (Phi) is 4.16. The molecule has 0 radical (unpaired) electrons. The Morgan fingerprint density at radius 1 is 1.43 bits per heavy atom. The molecule has 0 aliphatic heterocycles. The number of oxazole rings is 1. The van der Waals surface area contributed by atoms with Crippen LogP contribution in [0, 0.1) is 0 Å². The maximum Gasteiger partial charge on any atom is 0.275 e. The number of hydrogen-bond acceptors (Lipinski definition) is 3. The number of hydrogen-bond donors (Lipinski definition) is 0. The predicted molar refractivity (Wildman–Crippen MR) is 53.0 cm³/mol. The summed E-state index contributed by atoms with van der Waals surface area (Å²) >= 11 is 0. The molecular formula is C10H16N2O2. The molecule has 4 nitrogen and oxygen atoms in total. The van der Waals surface area contributed by atoms with E-state index in [2.05, 4.69) is 18.8 Å². The van der Waals surface area contributed by atoms with Crippen molar-refractivity contribution in [1.82, 2.24) is 9.88 Å². The second kappa shape index (κ2) is 5.42. The predicted octanol–water partition coefficient (Wildman–Crippen LogP) is 1.94. The van der Waals surface area contributed by atoms with Gasteiger partial charge >= 0.3 is 0 Å². The first-order valence-corrected chi connectivity index (χ1v) is 4.97. The molecule has 0 atom stereocenters. The molecule has 0 aromatic carbocycles. The molecule has 0 N–H and O–H groups in total. The lowest BCUT2D eigenvalue weighted by Crippen LogP contribution is -2.32. The molecule has 0 saturated heterocycles. The van der Waals surface area contributed by atoms with Gasteiger partial charge in [0.15, 0.2) is 12.1 Å². The molecule has 0 bridgehead atoms. The van der Waals surface area contributed by atoms with Crippen LogP contribution in [-0.2, 0) is 0 Å². The van der Waals surface area contributed by atoms with E-state index in [4.69, 9.17) is 4.42 Å². The summed E-state index contributed by atoms with van der Waals surface area (Å²) in [6.07, 6.45) is 4.59. The molecule has 0 unspecified atom stereocenters. The monoisotopic (exact) mass is 196 g/mol. The van der Waals surface area contributed by atoms with Crippen LogP contribution in [0.5, 0.6) is 0 Å². The average Bonchev–Trinajstić information content (AvgIpc) is 2.69. The quantitative estimate of drug-likeness (QED) is 0.723. The lowest BCUT2D eigenvalue weighted by Gasteiger charge is -2.19. The number of nitrogens with zero attached hydrogens (tertiary/aromatic N) is 2. The lowest BCUT2D eigenvalue weighted by molar-refractivity contribution is 0.0749. The van der Waals surface area contributed by atoms with Gasteiger partial charge in [-0.25, -0.2) is 4.98 Å². The van der Waals surface area contributed by atoms with E-state index in [1.54, 1.807) is 4.90 Å². The third kappa shape index (κ3) is 2.58. The smallest absolute Gasteiger partial charge is 0.275 e. The van der Waals surface area contributed by atoms with E-state index in [1.165, 1.54) is 12.7 Å². The van der Waals surface area contributed by atoms with Crippen LogP contribution in [0.15, 0.2) is 17.1 Å². The van der Waals surface area contributed by atoms with Gasteiger partial charge in [0.25, 0.3) is 5.91 Å². The Morgan fingerprint density at radius 2 is 2.07 bits per heavy atom. The molecule has 0 fully saturated rings. The molecule has 1 rings (SSSR count). The van der Waals surface area contributed by atoms with Crippen LogP contribution < -0.4 is 0 Å². The van der Waals surface area contributed by atoms with E-state index in [1.807, 2.05) is 0 Å². The molecule has 4 heteroatoms. The van der Waals surface area contributed by atoms with Gasteiger partial charge in [-0.1, -0.05) is 13.8 Å². The molecule has 1 amide bonds. The van der Waals surface area contributed by atoms with Gasteiger partial charge in [0.2, 0.25) is 0 Å². The zero-order valence-electron chi connectivity index (χ0n) is 8.69. The maximum atomic E-state index is 11.8. The van der Waals surface area contributed by atoms with Gasteiger partial charge in [0, 0.05) is 13.1 Å². The van der Waals surface area contributed by atoms with Gasteiger partial charge in [-0.2, -0.15) is 0 Å². The first kappa shape index (κ1) is 10.8. The van der Waals surface area contributed by atoms with Crippen LogP contribution in [0.25, 0.3) is 0 Å². The van der Waals surface area contributed by atoms with Crippen molar-refractivity contribution in [3.05, 3.63) is 18.4 Å². The molecule has 0 saturated carbocycles. The molecule has 1 heterocycles. The molecule has 1 aromatic rings. The van der Waals surface area contributed by atoms with Crippen molar-refractivity contribution in [2.75, 3.05) is 13.1 Å². The number of aromatic nitrogens is 1. The van der Waals surface area contributed by atoms with Crippen LogP contribution in [-0.4, -0.2) is 28.9 Å². The van der Waals surface area contributed by atoms with Crippen molar-refractivity contribution in [1.29, 1.82) is 0 Å². The van der Waals surface area contributed by atoms with Gasteiger partial charge in [-0.05, 0) is 12.8 Å². The molecule has 0 aliphatic rings. The van der Waals surface area contributed by atoms with Crippen LogP contribution in [0.2, 0.25) is 0 Å². The number of amides is 1. The molecule has 78 valence electrons. The SMILES string of the molecule is CCCN(CCC)C(=O)c1cocn1. The zero-order valence-corrected chi connectivity index (χ0v) is 8.69. The van der Waals surface area contributed by atoms with Crippen molar-refractivity contribution in [2.24, 2.45) is 0 Å². The third-order valence-electron chi connectivity index (χ3n) is 1.93. The molecule has 0 spiro atoms. The summed E-state index contributed by atoms with van der Waals surface area (Å²) in [6, 6.07) is 0. The minimum absolute atomic E-state index is 0.0394. The largest absolute Gasteiger partial charge is 0.451 e. The minimum Gasteiger partial charge on any atom is -0.451 e. The fourth-order valence-electron chi connectivity index (χ4n) is 1.33. The van der Waals surface area contributed by atoms with Gasteiger partial charge in [-0.3, -0.25) is 4.79 Å². The van der Waals surface area contributed by atoms with E-state index in [9.17, 15) is 4.79 Å². The van der Waals surface area contributed by atoms with Gasteiger partial charge < -0.3 is 9.32 Å². The van der Waals surface area contributed by atoms with E-state index < -0.39 is 0 Å². The zero-order chi connectivity index (χ0) is 10.4. The van der Waals surface area contributed by atoms with E-state index >= 15 is 0 Å². The van der Waals surface area contributed by atoms with E-state index in [0.717, 1.165) is 25.9 Å². The third-order valence-corrected chi connectivity index (χ3v) is 1.93. The minimum atomic E-state index is -0.0394. The number of carbonyl (C=O) groups excluding carboxylic acids is 1. The van der Waals surface area contributed by atoms with Crippen LogP contribution >= 0.6 is 0 Å². The Labute approximate surface area is 83.9 Å². The number of rotatable bonds is 5. The Bertz CT molecular complexity index is 264. The highest BCUT2D eigenvalue weighted by molar-refractivity contribution is 5.91. The lowest BCUT2D eigenvalue weighted by atomic mass is 10.3. The van der Waals surface area contributed by atoms with Crippen molar-refractivity contribution in [3.8, 4) is 0 Å². The van der Waals surface area contributed by atoms with Gasteiger partial charge in [0.1, 0.15) is 6.26 Å². The van der Waals surface area contributed by atoms with Crippen molar-refractivity contribution in [2.45, 2.75) is 26.7 Å².